The van der Waals surface area contributed by atoms with Crippen molar-refractivity contribution in [2.45, 2.75) is 0 Å². The molecule has 0 unspecified atom stereocenters. The topological polar surface area (TPSA) is 66.1 Å². The molecule has 2 rings (SSSR count). The fourth-order valence-electron chi connectivity index (χ4n) is 1.27. The van der Waals surface area contributed by atoms with Gasteiger partial charge in [0.05, 0.1) is 11.8 Å². The second kappa shape index (κ2) is 3.84. The van der Waals surface area contributed by atoms with Gasteiger partial charge in [0.2, 0.25) is 0 Å². The van der Waals surface area contributed by atoms with E-state index in [4.69, 9.17) is 5.26 Å². The summed E-state index contributed by atoms with van der Waals surface area (Å²) in [6, 6.07) is 5.45. The Kier molecular flexibility index (Phi) is 2.38. The molecule has 4 heteroatoms. The molecule has 0 N–H and O–H groups in total. The van der Waals surface area contributed by atoms with Crippen LogP contribution < -0.4 is 0 Å². The Morgan fingerprint density at radius 2 is 2.33 bits per heavy atom. The first kappa shape index (κ1) is 9.28. The van der Waals surface area contributed by atoms with E-state index in [1.165, 1.54) is 0 Å². The molecule has 0 saturated carbocycles. The first-order valence-electron chi connectivity index (χ1n) is 4.42. The Labute approximate surface area is 86.6 Å². The molecule has 1 aliphatic heterocycles. The summed E-state index contributed by atoms with van der Waals surface area (Å²) in [4.78, 5) is 19.1. The van der Waals surface area contributed by atoms with Gasteiger partial charge in [0.25, 0.3) is 5.91 Å². The van der Waals surface area contributed by atoms with E-state index in [2.05, 4.69) is 9.98 Å². The lowest BCUT2D eigenvalue weighted by molar-refractivity contribution is -0.118. The van der Waals surface area contributed by atoms with Crippen molar-refractivity contribution >= 4 is 11.6 Å². The van der Waals surface area contributed by atoms with E-state index in [0.29, 0.717) is 5.71 Å². The predicted octanol–water partition coefficient (Wildman–Crippen LogP) is 1.11. The van der Waals surface area contributed by atoms with Crippen LogP contribution in [0.4, 0.5) is 0 Å². The molecule has 1 amide bonds. The molecule has 4 nitrogen and oxygen atoms in total. The lowest BCUT2D eigenvalue weighted by atomic mass is 10.0. The number of carbonyl (C=O) groups is 1. The van der Waals surface area contributed by atoms with Crippen molar-refractivity contribution in [3.8, 4) is 6.07 Å². The minimum atomic E-state index is -0.745. The monoisotopic (exact) mass is 197 g/mol. The summed E-state index contributed by atoms with van der Waals surface area (Å²) in [7, 11) is 0. The van der Waals surface area contributed by atoms with Gasteiger partial charge in [-0.3, -0.25) is 9.78 Å². The largest absolute Gasteiger partial charge is 0.271 e. The summed E-state index contributed by atoms with van der Waals surface area (Å²) < 4.78 is 0. The second-order valence-corrected chi connectivity index (χ2v) is 3.04. The highest BCUT2D eigenvalue weighted by Gasteiger charge is 2.18. The van der Waals surface area contributed by atoms with Crippen LogP contribution in [0.2, 0.25) is 0 Å². The second-order valence-electron chi connectivity index (χ2n) is 3.04. The standard InChI is InChI=1S/C11H7N3O/c12-6-8-3-4-10(14-11(8)15)9-2-1-5-13-7-9/h1-5,7-8H/t8-/m0/s1. The van der Waals surface area contributed by atoms with Crippen LogP contribution in [0.25, 0.3) is 0 Å². The Bertz CT molecular complexity index is 482. The van der Waals surface area contributed by atoms with Crippen molar-refractivity contribution in [2.24, 2.45) is 10.9 Å². The minimum Gasteiger partial charge on any atom is -0.271 e. The van der Waals surface area contributed by atoms with Gasteiger partial charge >= 0.3 is 0 Å². The fourth-order valence-corrected chi connectivity index (χ4v) is 1.27. The van der Waals surface area contributed by atoms with Gasteiger partial charge in [0, 0.05) is 18.0 Å². The van der Waals surface area contributed by atoms with Crippen LogP contribution in [-0.2, 0) is 4.79 Å². The molecule has 1 aromatic rings. The molecule has 0 aliphatic carbocycles. The molecule has 2 heterocycles. The number of amides is 1. The van der Waals surface area contributed by atoms with Crippen molar-refractivity contribution < 1.29 is 4.79 Å². The first-order chi connectivity index (χ1) is 7.31. The predicted molar refractivity (Wildman–Crippen MR) is 54.0 cm³/mol. The number of dihydropyridines is 1. The lowest BCUT2D eigenvalue weighted by Gasteiger charge is -2.07. The van der Waals surface area contributed by atoms with Gasteiger partial charge in [0.1, 0.15) is 5.92 Å². The highest BCUT2D eigenvalue weighted by molar-refractivity contribution is 6.15. The molecule has 15 heavy (non-hydrogen) atoms. The van der Waals surface area contributed by atoms with Crippen LogP contribution in [-0.4, -0.2) is 16.6 Å². The number of allylic oxidation sites excluding steroid dienone is 1. The number of carbonyl (C=O) groups excluding carboxylic acids is 1. The summed E-state index contributed by atoms with van der Waals surface area (Å²) in [5, 5.41) is 8.61. The van der Waals surface area contributed by atoms with Crippen molar-refractivity contribution in [3.63, 3.8) is 0 Å². The van der Waals surface area contributed by atoms with Crippen LogP contribution in [0.1, 0.15) is 5.56 Å². The Morgan fingerprint density at radius 1 is 1.47 bits per heavy atom. The van der Waals surface area contributed by atoms with Gasteiger partial charge in [-0.1, -0.05) is 6.08 Å². The summed E-state index contributed by atoms with van der Waals surface area (Å²) in [5.41, 5.74) is 1.33. The van der Waals surface area contributed by atoms with Crippen LogP contribution in [0, 0.1) is 17.2 Å². The average molecular weight is 197 g/mol. The Balaban J connectivity index is 2.33. The first-order valence-corrected chi connectivity index (χ1v) is 4.42. The smallest absolute Gasteiger partial charge is 0.267 e. The fraction of sp³-hybridized carbons (Fsp3) is 0.0909. The van der Waals surface area contributed by atoms with E-state index >= 15 is 0 Å². The van der Waals surface area contributed by atoms with E-state index in [0.717, 1.165) is 5.56 Å². The van der Waals surface area contributed by atoms with E-state index < -0.39 is 11.8 Å². The quantitative estimate of drug-likeness (QED) is 0.677. The SMILES string of the molecule is N#C[C@@H]1C=CC(c2cccnc2)=NC1=O. The summed E-state index contributed by atoms with van der Waals surface area (Å²) in [5.74, 6) is -1.16. The highest BCUT2D eigenvalue weighted by Crippen LogP contribution is 2.11. The molecular weight excluding hydrogens is 190 g/mol. The number of pyridine rings is 1. The van der Waals surface area contributed by atoms with Gasteiger partial charge < -0.3 is 0 Å². The number of hydrogen-bond acceptors (Lipinski definition) is 3. The molecule has 0 bridgehead atoms. The minimum absolute atomic E-state index is 0.418. The molecule has 72 valence electrons. The maximum atomic E-state index is 11.3. The van der Waals surface area contributed by atoms with Gasteiger partial charge in [-0.25, -0.2) is 4.99 Å². The third kappa shape index (κ3) is 1.81. The molecule has 1 atom stereocenters. The average Bonchev–Trinajstić information content (AvgIpc) is 2.30. The van der Waals surface area contributed by atoms with Gasteiger partial charge in [0.15, 0.2) is 0 Å². The molecule has 0 saturated heterocycles. The van der Waals surface area contributed by atoms with Crippen LogP contribution in [0.15, 0.2) is 41.7 Å². The lowest BCUT2D eigenvalue weighted by Crippen LogP contribution is -2.15. The normalized spacial score (nSPS) is 19.5. The Morgan fingerprint density at radius 3 is 2.93 bits per heavy atom. The molecule has 0 aromatic carbocycles. The van der Waals surface area contributed by atoms with Crippen molar-refractivity contribution in [1.82, 2.24) is 4.98 Å². The zero-order valence-corrected chi connectivity index (χ0v) is 7.79. The number of aliphatic imine (C=N–C) groups is 1. The number of nitrogens with zero attached hydrogens (tertiary/aromatic N) is 3. The number of hydrogen-bond donors (Lipinski definition) is 0. The third-order valence-corrected chi connectivity index (χ3v) is 2.04. The number of nitriles is 1. The van der Waals surface area contributed by atoms with Gasteiger partial charge in [-0.05, 0) is 18.2 Å². The van der Waals surface area contributed by atoms with E-state index in [1.807, 2.05) is 12.1 Å². The number of rotatable bonds is 1. The molecule has 0 radical (unpaired) electrons. The van der Waals surface area contributed by atoms with Gasteiger partial charge in [-0.15, -0.1) is 0 Å². The number of aromatic nitrogens is 1. The van der Waals surface area contributed by atoms with Gasteiger partial charge in [-0.2, -0.15) is 5.26 Å². The van der Waals surface area contributed by atoms with Crippen LogP contribution in [0.5, 0.6) is 0 Å². The zero-order chi connectivity index (χ0) is 10.7. The van der Waals surface area contributed by atoms with Crippen molar-refractivity contribution in [1.29, 1.82) is 5.26 Å². The molecular formula is C11H7N3O. The Hall–Kier alpha value is -2.28. The summed E-state index contributed by atoms with van der Waals surface area (Å²) in [6.07, 6.45) is 6.50. The maximum absolute atomic E-state index is 11.3. The summed E-state index contributed by atoms with van der Waals surface area (Å²) in [6.45, 7) is 0. The molecule has 1 aliphatic rings. The molecule has 0 fully saturated rings. The third-order valence-electron chi connectivity index (χ3n) is 2.04. The maximum Gasteiger partial charge on any atom is 0.267 e. The highest BCUT2D eigenvalue weighted by atomic mass is 16.1. The summed E-state index contributed by atoms with van der Waals surface area (Å²) >= 11 is 0. The molecule has 0 spiro atoms. The zero-order valence-electron chi connectivity index (χ0n) is 7.79. The van der Waals surface area contributed by atoms with Crippen LogP contribution in [0.3, 0.4) is 0 Å². The molecule has 1 aromatic heterocycles. The van der Waals surface area contributed by atoms with E-state index in [1.54, 1.807) is 30.6 Å². The van der Waals surface area contributed by atoms with E-state index in [-0.39, 0.29) is 0 Å². The van der Waals surface area contributed by atoms with Crippen LogP contribution >= 0.6 is 0 Å². The van der Waals surface area contributed by atoms with Crippen molar-refractivity contribution in [3.05, 3.63) is 42.2 Å². The van der Waals surface area contributed by atoms with Crippen molar-refractivity contribution in [2.75, 3.05) is 0 Å². The van der Waals surface area contributed by atoms with E-state index in [9.17, 15) is 4.79 Å².